The van der Waals surface area contributed by atoms with E-state index in [9.17, 15) is 4.79 Å². The van der Waals surface area contributed by atoms with Crippen LogP contribution >= 0.6 is 0 Å². The molecule has 0 N–H and O–H groups in total. The molecule has 0 bridgehead atoms. The molecule has 0 saturated carbocycles. The van der Waals surface area contributed by atoms with Crippen LogP contribution in [0, 0.1) is 18.3 Å². The second-order valence-corrected chi connectivity index (χ2v) is 5.12. The molecule has 0 fully saturated rings. The largest absolute Gasteiger partial charge is 0.330 e. The smallest absolute Gasteiger partial charge is 0.254 e. The summed E-state index contributed by atoms with van der Waals surface area (Å²) >= 11 is 0. The van der Waals surface area contributed by atoms with E-state index in [-0.39, 0.29) is 5.91 Å². The van der Waals surface area contributed by atoms with Gasteiger partial charge in [0.25, 0.3) is 5.91 Å². The molecule has 1 heterocycles. The first-order valence-electron chi connectivity index (χ1n) is 6.55. The van der Waals surface area contributed by atoms with Crippen molar-refractivity contribution < 1.29 is 4.79 Å². The minimum absolute atomic E-state index is 0.0170. The Bertz CT molecular complexity index is 711. The molecule has 3 nitrogen and oxygen atoms in total. The number of fused-ring (bicyclic) bond motifs is 1. The monoisotopic (exact) mass is 262 g/mol. The van der Waals surface area contributed by atoms with Gasteiger partial charge in [0, 0.05) is 18.7 Å². The minimum Gasteiger partial charge on any atom is -0.330 e. The summed E-state index contributed by atoms with van der Waals surface area (Å²) in [6.07, 6.45) is 0. The molecule has 0 spiro atoms. The SMILES string of the molecule is Cc1ccc2c(c1)CN(C(=O)c1ccc(C#N)cc1)C2. The number of nitriles is 1. The van der Waals surface area contributed by atoms with Gasteiger partial charge in [-0.05, 0) is 42.3 Å². The Balaban J connectivity index is 1.81. The summed E-state index contributed by atoms with van der Waals surface area (Å²) in [4.78, 5) is 14.3. The highest BCUT2D eigenvalue weighted by Gasteiger charge is 2.24. The third-order valence-electron chi connectivity index (χ3n) is 3.63. The molecule has 3 heteroatoms. The van der Waals surface area contributed by atoms with Gasteiger partial charge >= 0.3 is 0 Å². The number of benzene rings is 2. The molecule has 0 radical (unpaired) electrons. The molecule has 98 valence electrons. The fourth-order valence-electron chi connectivity index (χ4n) is 2.54. The van der Waals surface area contributed by atoms with E-state index in [1.165, 1.54) is 16.7 Å². The Morgan fingerprint density at radius 1 is 1.10 bits per heavy atom. The van der Waals surface area contributed by atoms with Crippen LogP contribution in [0.15, 0.2) is 42.5 Å². The van der Waals surface area contributed by atoms with Gasteiger partial charge in [0.2, 0.25) is 0 Å². The predicted molar refractivity (Wildman–Crippen MR) is 75.9 cm³/mol. The van der Waals surface area contributed by atoms with Gasteiger partial charge in [0.15, 0.2) is 0 Å². The Kier molecular flexibility index (Phi) is 3.00. The zero-order valence-corrected chi connectivity index (χ0v) is 11.3. The Morgan fingerprint density at radius 3 is 2.50 bits per heavy atom. The van der Waals surface area contributed by atoms with E-state index in [1.54, 1.807) is 24.3 Å². The summed E-state index contributed by atoms with van der Waals surface area (Å²) in [6, 6.07) is 15.2. The van der Waals surface area contributed by atoms with Gasteiger partial charge in [0.05, 0.1) is 11.6 Å². The average molecular weight is 262 g/mol. The molecule has 20 heavy (non-hydrogen) atoms. The molecule has 3 rings (SSSR count). The molecule has 0 aromatic heterocycles. The highest BCUT2D eigenvalue weighted by Crippen LogP contribution is 2.25. The molecular formula is C17H14N2O. The van der Waals surface area contributed by atoms with Crippen molar-refractivity contribution >= 4 is 5.91 Å². The molecule has 1 aliphatic rings. The van der Waals surface area contributed by atoms with Crippen LogP contribution in [0.3, 0.4) is 0 Å². The first-order valence-corrected chi connectivity index (χ1v) is 6.55. The summed E-state index contributed by atoms with van der Waals surface area (Å²) in [5, 5.41) is 8.78. The number of carbonyl (C=O) groups is 1. The topological polar surface area (TPSA) is 44.1 Å². The molecular weight excluding hydrogens is 248 g/mol. The van der Waals surface area contributed by atoms with E-state index in [4.69, 9.17) is 5.26 Å². The maximum Gasteiger partial charge on any atom is 0.254 e. The van der Waals surface area contributed by atoms with E-state index >= 15 is 0 Å². The molecule has 0 atom stereocenters. The van der Waals surface area contributed by atoms with Crippen LogP contribution in [0.25, 0.3) is 0 Å². The van der Waals surface area contributed by atoms with E-state index < -0.39 is 0 Å². The molecule has 0 aliphatic carbocycles. The molecule has 1 aliphatic heterocycles. The second-order valence-electron chi connectivity index (χ2n) is 5.12. The van der Waals surface area contributed by atoms with Crippen molar-refractivity contribution in [3.8, 4) is 6.07 Å². The fraction of sp³-hybridized carbons (Fsp3) is 0.176. The van der Waals surface area contributed by atoms with Gasteiger partial charge in [-0.25, -0.2) is 0 Å². The summed E-state index contributed by atoms with van der Waals surface area (Å²) in [5.74, 6) is 0.0170. The molecule has 0 saturated heterocycles. The highest BCUT2D eigenvalue weighted by molar-refractivity contribution is 5.94. The van der Waals surface area contributed by atoms with Gasteiger partial charge in [-0.15, -0.1) is 0 Å². The molecule has 1 amide bonds. The van der Waals surface area contributed by atoms with Crippen LogP contribution in [0.2, 0.25) is 0 Å². The third kappa shape index (κ3) is 2.17. The van der Waals surface area contributed by atoms with Gasteiger partial charge in [-0.1, -0.05) is 23.8 Å². The predicted octanol–water partition coefficient (Wildman–Crippen LogP) is 3.02. The molecule has 2 aromatic carbocycles. The lowest BCUT2D eigenvalue weighted by Crippen LogP contribution is -2.25. The number of hydrogen-bond donors (Lipinski definition) is 0. The van der Waals surface area contributed by atoms with E-state index in [1.807, 2.05) is 4.90 Å². The lowest BCUT2D eigenvalue weighted by molar-refractivity contribution is 0.0751. The van der Waals surface area contributed by atoms with Crippen molar-refractivity contribution in [1.29, 1.82) is 5.26 Å². The van der Waals surface area contributed by atoms with Crippen molar-refractivity contribution in [2.24, 2.45) is 0 Å². The number of carbonyl (C=O) groups excluding carboxylic acids is 1. The highest BCUT2D eigenvalue weighted by atomic mass is 16.2. The van der Waals surface area contributed by atoms with Crippen LogP contribution in [-0.2, 0) is 13.1 Å². The van der Waals surface area contributed by atoms with Crippen LogP contribution in [0.4, 0.5) is 0 Å². The van der Waals surface area contributed by atoms with Crippen molar-refractivity contribution in [3.05, 3.63) is 70.3 Å². The van der Waals surface area contributed by atoms with Crippen LogP contribution in [0.5, 0.6) is 0 Å². The number of amides is 1. The first-order chi connectivity index (χ1) is 9.67. The van der Waals surface area contributed by atoms with Gasteiger partial charge < -0.3 is 4.90 Å². The average Bonchev–Trinajstić information content (AvgIpc) is 2.89. The zero-order chi connectivity index (χ0) is 14.1. The van der Waals surface area contributed by atoms with Crippen LogP contribution in [-0.4, -0.2) is 10.8 Å². The standard InChI is InChI=1S/C17H14N2O/c1-12-2-5-15-10-19(11-16(15)8-12)17(20)14-6-3-13(9-18)4-7-14/h2-8H,10-11H2,1H3. The maximum atomic E-state index is 12.4. The molecule has 0 unspecified atom stereocenters. The zero-order valence-electron chi connectivity index (χ0n) is 11.3. The van der Waals surface area contributed by atoms with Gasteiger partial charge in [-0.2, -0.15) is 5.26 Å². The minimum atomic E-state index is 0.0170. The van der Waals surface area contributed by atoms with Crippen molar-refractivity contribution in [3.63, 3.8) is 0 Å². The fourth-order valence-corrected chi connectivity index (χ4v) is 2.54. The first kappa shape index (κ1) is 12.4. The van der Waals surface area contributed by atoms with Gasteiger partial charge in [0.1, 0.15) is 0 Å². The van der Waals surface area contributed by atoms with E-state index in [2.05, 4.69) is 31.2 Å². The second kappa shape index (κ2) is 4.82. The normalized spacial score (nSPS) is 12.9. The third-order valence-corrected chi connectivity index (χ3v) is 3.63. The number of rotatable bonds is 1. The Hall–Kier alpha value is -2.60. The van der Waals surface area contributed by atoms with Crippen molar-refractivity contribution in [2.75, 3.05) is 0 Å². The lowest BCUT2D eigenvalue weighted by atomic mass is 10.1. The van der Waals surface area contributed by atoms with E-state index in [0.29, 0.717) is 24.2 Å². The van der Waals surface area contributed by atoms with Crippen molar-refractivity contribution in [2.45, 2.75) is 20.0 Å². The summed E-state index contributed by atoms with van der Waals surface area (Å²) in [5.41, 5.74) is 4.87. The summed E-state index contributed by atoms with van der Waals surface area (Å²) in [7, 11) is 0. The Labute approximate surface area is 118 Å². The van der Waals surface area contributed by atoms with Crippen LogP contribution in [0.1, 0.15) is 32.6 Å². The maximum absolute atomic E-state index is 12.4. The summed E-state index contributed by atoms with van der Waals surface area (Å²) in [6.45, 7) is 3.38. The Morgan fingerprint density at radius 2 is 1.80 bits per heavy atom. The van der Waals surface area contributed by atoms with E-state index in [0.717, 1.165) is 0 Å². The van der Waals surface area contributed by atoms with Crippen LogP contribution < -0.4 is 0 Å². The lowest BCUT2D eigenvalue weighted by Gasteiger charge is -2.15. The molecule has 2 aromatic rings. The summed E-state index contributed by atoms with van der Waals surface area (Å²) < 4.78 is 0. The quantitative estimate of drug-likeness (QED) is 0.793. The number of nitrogens with zero attached hydrogens (tertiary/aromatic N) is 2. The number of hydrogen-bond acceptors (Lipinski definition) is 2. The number of aryl methyl sites for hydroxylation is 1. The van der Waals surface area contributed by atoms with Crippen molar-refractivity contribution in [1.82, 2.24) is 4.90 Å². The van der Waals surface area contributed by atoms with Gasteiger partial charge in [-0.3, -0.25) is 4.79 Å².